The third-order valence-electron chi connectivity index (χ3n) is 4.92. The Hall–Kier alpha value is -2.99. The molecule has 2 aromatic heterocycles. The number of benzene rings is 2. The van der Waals surface area contributed by atoms with Crippen LogP contribution in [0.1, 0.15) is 38.4 Å². The van der Waals surface area contributed by atoms with Gasteiger partial charge in [0.25, 0.3) is 5.91 Å². The number of nitrogens with one attached hydrogen (secondary N) is 1. The minimum absolute atomic E-state index is 0.0908. The molecule has 0 spiro atoms. The Kier molecular flexibility index (Phi) is 4.51. The molecule has 28 heavy (non-hydrogen) atoms. The second-order valence-corrected chi connectivity index (χ2v) is 8.12. The predicted molar refractivity (Wildman–Crippen MR) is 115 cm³/mol. The lowest BCUT2D eigenvalue weighted by molar-refractivity contribution is 0.102. The van der Waals surface area contributed by atoms with Gasteiger partial charge >= 0.3 is 0 Å². The van der Waals surface area contributed by atoms with E-state index in [1.807, 2.05) is 75.7 Å². The van der Waals surface area contributed by atoms with E-state index in [1.165, 1.54) is 0 Å². The number of aromatic nitrogens is 3. The van der Waals surface area contributed by atoms with E-state index in [0.29, 0.717) is 5.56 Å². The summed E-state index contributed by atoms with van der Waals surface area (Å²) in [7, 11) is 0. The summed E-state index contributed by atoms with van der Waals surface area (Å²) in [4.78, 5) is 17.6. The van der Waals surface area contributed by atoms with Crippen molar-refractivity contribution in [1.29, 1.82) is 0 Å². The number of nitrogens with zero attached hydrogens (tertiary/aromatic N) is 3. The highest BCUT2D eigenvalue weighted by atomic mass is 32.1. The number of thiazole rings is 1. The van der Waals surface area contributed by atoms with Crippen LogP contribution in [0.25, 0.3) is 15.3 Å². The molecular formula is C22H22N4OS. The molecule has 4 aromatic rings. The summed E-state index contributed by atoms with van der Waals surface area (Å²) >= 11 is 1.59. The van der Waals surface area contributed by atoms with E-state index in [0.717, 1.165) is 49.1 Å². The highest BCUT2D eigenvalue weighted by Gasteiger charge is 2.17. The van der Waals surface area contributed by atoms with Crippen molar-refractivity contribution in [1.82, 2.24) is 14.8 Å². The first-order valence-corrected chi connectivity index (χ1v) is 9.98. The zero-order valence-corrected chi connectivity index (χ0v) is 17.4. The minimum Gasteiger partial charge on any atom is -0.321 e. The second-order valence-electron chi connectivity index (χ2n) is 7.15. The van der Waals surface area contributed by atoms with E-state index in [4.69, 9.17) is 4.98 Å². The number of fused-ring (bicyclic) bond motifs is 1. The molecule has 0 saturated heterocycles. The van der Waals surface area contributed by atoms with E-state index < -0.39 is 0 Å². The number of amides is 1. The standard InChI is InChI=1S/C22H22N4OS/c1-12-8-6-7-9-17(12)21(27)24-19-13(2)10-18-20(16(19)5)28-22(23-18)26-15(4)11-14(3)25-26/h6-11H,1-5H3,(H,24,27). The van der Waals surface area contributed by atoms with Crippen molar-refractivity contribution in [2.75, 3.05) is 5.32 Å². The summed E-state index contributed by atoms with van der Waals surface area (Å²) in [5, 5.41) is 8.49. The van der Waals surface area contributed by atoms with Gasteiger partial charge in [-0.2, -0.15) is 5.10 Å². The van der Waals surface area contributed by atoms with Crippen LogP contribution in [0.5, 0.6) is 0 Å². The van der Waals surface area contributed by atoms with Crippen molar-refractivity contribution in [2.24, 2.45) is 0 Å². The third kappa shape index (κ3) is 3.10. The molecule has 0 fully saturated rings. The topological polar surface area (TPSA) is 59.8 Å². The predicted octanol–water partition coefficient (Wildman–Crippen LogP) is 5.28. The monoisotopic (exact) mass is 390 g/mol. The van der Waals surface area contributed by atoms with Crippen LogP contribution in [-0.4, -0.2) is 20.7 Å². The van der Waals surface area contributed by atoms with Gasteiger partial charge in [-0.05, 0) is 69.5 Å². The van der Waals surface area contributed by atoms with Crippen molar-refractivity contribution >= 4 is 33.1 Å². The molecular weight excluding hydrogens is 368 g/mol. The largest absolute Gasteiger partial charge is 0.321 e. The molecule has 0 atom stereocenters. The molecule has 0 unspecified atom stereocenters. The van der Waals surface area contributed by atoms with Gasteiger partial charge < -0.3 is 5.32 Å². The molecule has 0 saturated carbocycles. The van der Waals surface area contributed by atoms with Crippen LogP contribution in [0.4, 0.5) is 5.69 Å². The number of anilines is 1. The maximum absolute atomic E-state index is 12.8. The van der Waals surface area contributed by atoms with Crippen LogP contribution in [0, 0.1) is 34.6 Å². The smallest absolute Gasteiger partial charge is 0.255 e. The van der Waals surface area contributed by atoms with Crippen molar-refractivity contribution in [3.8, 4) is 5.13 Å². The molecule has 0 radical (unpaired) electrons. The highest BCUT2D eigenvalue weighted by Crippen LogP contribution is 2.35. The molecule has 142 valence electrons. The van der Waals surface area contributed by atoms with Gasteiger partial charge in [-0.3, -0.25) is 4.79 Å². The van der Waals surface area contributed by atoms with Gasteiger partial charge in [0.15, 0.2) is 0 Å². The van der Waals surface area contributed by atoms with Gasteiger partial charge in [-0.15, -0.1) is 0 Å². The molecule has 2 heterocycles. The maximum atomic E-state index is 12.8. The molecule has 0 aliphatic carbocycles. The third-order valence-corrected chi connectivity index (χ3v) is 6.09. The first-order valence-electron chi connectivity index (χ1n) is 9.16. The Bertz CT molecular complexity index is 1220. The van der Waals surface area contributed by atoms with Crippen LogP contribution < -0.4 is 5.32 Å². The molecule has 2 aromatic carbocycles. The fourth-order valence-corrected chi connectivity index (χ4v) is 4.55. The van der Waals surface area contributed by atoms with Gasteiger partial charge in [-0.1, -0.05) is 29.5 Å². The summed E-state index contributed by atoms with van der Waals surface area (Å²) in [5.41, 5.74) is 7.48. The Morgan fingerprint density at radius 3 is 2.46 bits per heavy atom. The van der Waals surface area contributed by atoms with Crippen LogP contribution in [-0.2, 0) is 0 Å². The van der Waals surface area contributed by atoms with Gasteiger partial charge in [-0.25, -0.2) is 9.67 Å². The molecule has 6 heteroatoms. The molecule has 0 aliphatic heterocycles. The van der Waals surface area contributed by atoms with E-state index in [1.54, 1.807) is 11.3 Å². The Labute approximate surface area is 168 Å². The average Bonchev–Trinajstić information content (AvgIpc) is 3.21. The van der Waals surface area contributed by atoms with Crippen molar-refractivity contribution in [3.63, 3.8) is 0 Å². The Morgan fingerprint density at radius 2 is 1.79 bits per heavy atom. The Balaban J connectivity index is 1.77. The number of hydrogen-bond donors (Lipinski definition) is 1. The minimum atomic E-state index is -0.0908. The maximum Gasteiger partial charge on any atom is 0.255 e. The van der Waals surface area contributed by atoms with E-state index in [2.05, 4.69) is 10.4 Å². The zero-order chi connectivity index (χ0) is 20.0. The molecule has 5 nitrogen and oxygen atoms in total. The van der Waals surface area contributed by atoms with Crippen molar-refractivity contribution in [2.45, 2.75) is 34.6 Å². The van der Waals surface area contributed by atoms with Crippen LogP contribution in [0.15, 0.2) is 36.4 Å². The lowest BCUT2D eigenvalue weighted by Crippen LogP contribution is -2.15. The summed E-state index contributed by atoms with van der Waals surface area (Å²) in [5.74, 6) is -0.0908. The normalized spacial score (nSPS) is 11.2. The fourth-order valence-electron chi connectivity index (χ4n) is 3.49. The van der Waals surface area contributed by atoms with Crippen LogP contribution in [0.2, 0.25) is 0 Å². The number of aryl methyl sites for hydroxylation is 5. The van der Waals surface area contributed by atoms with Gasteiger partial charge in [0.2, 0.25) is 5.13 Å². The van der Waals surface area contributed by atoms with E-state index in [9.17, 15) is 4.79 Å². The van der Waals surface area contributed by atoms with E-state index >= 15 is 0 Å². The first-order chi connectivity index (χ1) is 13.3. The summed E-state index contributed by atoms with van der Waals surface area (Å²) in [6, 6.07) is 11.7. The molecule has 4 rings (SSSR count). The van der Waals surface area contributed by atoms with Crippen molar-refractivity contribution < 1.29 is 4.79 Å². The molecule has 1 N–H and O–H groups in total. The summed E-state index contributed by atoms with van der Waals surface area (Å²) in [6.07, 6.45) is 0. The number of carbonyl (C=O) groups excluding carboxylic acids is 1. The lowest BCUT2D eigenvalue weighted by atomic mass is 10.1. The Morgan fingerprint density at radius 1 is 1.04 bits per heavy atom. The quantitative estimate of drug-likeness (QED) is 0.518. The number of hydrogen-bond acceptors (Lipinski definition) is 4. The molecule has 1 amide bonds. The average molecular weight is 391 g/mol. The number of carbonyl (C=O) groups is 1. The summed E-state index contributed by atoms with van der Waals surface area (Å²) < 4.78 is 2.94. The van der Waals surface area contributed by atoms with Crippen LogP contribution in [0.3, 0.4) is 0 Å². The summed E-state index contributed by atoms with van der Waals surface area (Å²) in [6.45, 7) is 9.99. The fraction of sp³-hybridized carbons (Fsp3) is 0.227. The van der Waals surface area contributed by atoms with Gasteiger partial charge in [0.1, 0.15) is 0 Å². The highest BCUT2D eigenvalue weighted by molar-refractivity contribution is 7.21. The van der Waals surface area contributed by atoms with Crippen molar-refractivity contribution in [3.05, 3.63) is 70.0 Å². The van der Waals surface area contributed by atoms with Gasteiger partial charge in [0.05, 0.1) is 15.9 Å². The molecule has 0 aliphatic rings. The zero-order valence-electron chi connectivity index (χ0n) is 16.6. The first kappa shape index (κ1) is 18.4. The number of rotatable bonds is 3. The second kappa shape index (κ2) is 6.87. The van der Waals surface area contributed by atoms with E-state index in [-0.39, 0.29) is 5.91 Å². The van der Waals surface area contributed by atoms with Crippen LogP contribution >= 0.6 is 11.3 Å². The SMILES string of the molecule is Cc1cc(C)n(-c2nc3cc(C)c(NC(=O)c4ccccc4C)c(C)c3s2)n1. The molecule has 0 bridgehead atoms. The van der Waals surface area contributed by atoms with Gasteiger partial charge in [0, 0.05) is 16.9 Å². The lowest BCUT2D eigenvalue weighted by Gasteiger charge is -2.13.